The number of thiocyanates is 1. The summed E-state index contributed by atoms with van der Waals surface area (Å²) in [4.78, 5) is 0. The molecule has 4 heteroatoms. The zero-order valence-electron chi connectivity index (χ0n) is 8.80. The van der Waals surface area contributed by atoms with Gasteiger partial charge in [0.15, 0.2) is 8.32 Å². The number of nitriles is 1. The lowest BCUT2D eigenvalue weighted by Gasteiger charge is -2.19. The average Bonchev–Trinajstić information content (AvgIpc) is 2.11. The summed E-state index contributed by atoms with van der Waals surface area (Å²) in [5.74, 6) is 0.978. The van der Waals surface area contributed by atoms with Gasteiger partial charge in [0.2, 0.25) is 0 Å². The quantitative estimate of drug-likeness (QED) is 0.373. The molecule has 0 aliphatic heterocycles. The molecule has 0 amide bonds. The van der Waals surface area contributed by atoms with Gasteiger partial charge in [-0.25, -0.2) is 0 Å². The first-order valence-corrected chi connectivity index (χ1v) is 8.78. The molecule has 0 unspecified atom stereocenters. The van der Waals surface area contributed by atoms with E-state index in [0.29, 0.717) is 0 Å². The zero-order chi connectivity index (χ0) is 10.2. The van der Waals surface area contributed by atoms with Crippen LogP contribution in [0.25, 0.3) is 0 Å². The van der Waals surface area contributed by atoms with E-state index in [1.165, 1.54) is 30.6 Å². The standard InChI is InChI=1S/C9H19NOSSi/c1-11-13(2,3)8-6-4-5-7-12-9-10/h4-8H2,1-3H3. The number of hydrogen-bond acceptors (Lipinski definition) is 3. The third-order valence-corrected chi connectivity index (χ3v) is 5.43. The van der Waals surface area contributed by atoms with Crippen molar-refractivity contribution >= 4 is 20.1 Å². The predicted octanol–water partition coefficient (Wildman–Crippen LogP) is 3.22. The van der Waals surface area contributed by atoms with Crippen molar-refractivity contribution in [3.8, 4) is 5.40 Å². The first-order valence-electron chi connectivity index (χ1n) is 4.68. The van der Waals surface area contributed by atoms with Crippen LogP contribution in [0.5, 0.6) is 0 Å². The van der Waals surface area contributed by atoms with Crippen LogP contribution in [0, 0.1) is 10.7 Å². The van der Waals surface area contributed by atoms with E-state index in [9.17, 15) is 0 Å². The molecule has 0 heterocycles. The summed E-state index contributed by atoms with van der Waals surface area (Å²) < 4.78 is 5.45. The molecule has 2 nitrogen and oxygen atoms in total. The smallest absolute Gasteiger partial charge is 0.186 e. The molecule has 0 saturated heterocycles. The Hall–Kier alpha value is 0.0169. The lowest BCUT2D eigenvalue weighted by Crippen LogP contribution is -2.27. The Morgan fingerprint density at radius 2 is 2.00 bits per heavy atom. The molecule has 0 atom stereocenters. The van der Waals surface area contributed by atoms with Crippen molar-refractivity contribution in [2.24, 2.45) is 0 Å². The molecule has 0 aromatic heterocycles. The van der Waals surface area contributed by atoms with Gasteiger partial charge < -0.3 is 4.43 Å². The maximum Gasteiger partial charge on any atom is 0.186 e. The molecule has 0 aromatic carbocycles. The fourth-order valence-corrected chi connectivity index (χ4v) is 2.79. The molecular weight excluding hydrogens is 198 g/mol. The van der Waals surface area contributed by atoms with Crippen molar-refractivity contribution in [1.82, 2.24) is 0 Å². The normalized spacial score (nSPS) is 11.2. The molecule has 13 heavy (non-hydrogen) atoms. The van der Waals surface area contributed by atoms with Crippen LogP contribution >= 0.6 is 11.8 Å². The van der Waals surface area contributed by atoms with E-state index in [4.69, 9.17) is 9.69 Å². The van der Waals surface area contributed by atoms with E-state index in [1.807, 2.05) is 7.11 Å². The molecule has 0 N–H and O–H groups in total. The largest absolute Gasteiger partial charge is 0.420 e. The molecular formula is C9H19NOSSi. The fourth-order valence-electron chi connectivity index (χ4n) is 1.05. The molecule has 0 aliphatic carbocycles. The van der Waals surface area contributed by atoms with E-state index in [2.05, 4.69) is 18.5 Å². The Morgan fingerprint density at radius 1 is 1.31 bits per heavy atom. The maximum absolute atomic E-state index is 8.29. The van der Waals surface area contributed by atoms with E-state index in [1.54, 1.807) is 0 Å². The van der Waals surface area contributed by atoms with Gasteiger partial charge in [0.25, 0.3) is 0 Å². The Kier molecular flexibility index (Phi) is 7.43. The van der Waals surface area contributed by atoms with E-state index in [0.717, 1.165) is 12.2 Å². The van der Waals surface area contributed by atoms with Crippen LogP contribution in [0.15, 0.2) is 0 Å². The van der Waals surface area contributed by atoms with Gasteiger partial charge in [0, 0.05) is 12.9 Å². The predicted molar refractivity (Wildman–Crippen MR) is 61.2 cm³/mol. The summed E-state index contributed by atoms with van der Waals surface area (Å²) in [6.45, 7) is 4.49. The lowest BCUT2D eigenvalue weighted by atomic mass is 10.3. The van der Waals surface area contributed by atoms with Crippen LogP contribution in [-0.2, 0) is 4.43 Å². The minimum Gasteiger partial charge on any atom is -0.420 e. The first kappa shape index (κ1) is 13.0. The van der Waals surface area contributed by atoms with E-state index in [-0.39, 0.29) is 0 Å². The summed E-state index contributed by atoms with van der Waals surface area (Å²) in [5, 5.41) is 10.4. The molecule has 0 spiro atoms. The summed E-state index contributed by atoms with van der Waals surface area (Å²) in [6, 6.07) is 1.24. The molecule has 0 aliphatic rings. The van der Waals surface area contributed by atoms with Crippen molar-refractivity contribution in [1.29, 1.82) is 5.26 Å². The number of unbranched alkanes of at least 4 members (excludes halogenated alkanes) is 2. The van der Waals surface area contributed by atoms with Gasteiger partial charge in [-0.3, -0.25) is 0 Å². The highest BCUT2D eigenvalue weighted by molar-refractivity contribution is 8.03. The van der Waals surface area contributed by atoms with E-state index >= 15 is 0 Å². The van der Waals surface area contributed by atoms with Crippen LogP contribution in [0.2, 0.25) is 19.1 Å². The van der Waals surface area contributed by atoms with Gasteiger partial charge >= 0.3 is 0 Å². The highest BCUT2D eigenvalue weighted by Gasteiger charge is 2.18. The average molecular weight is 217 g/mol. The van der Waals surface area contributed by atoms with Crippen molar-refractivity contribution in [3.63, 3.8) is 0 Å². The van der Waals surface area contributed by atoms with Gasteiger partial charge in [0.05, 0.1) is 0 Å². The first-order chi connectivity index (χ1) is 6.12. The van der Waals surface area contributed by atoms with Crippen molar-refractivity contribution in [3.05, 3.63) is 0 Å². The molecule has 0 saturated carbocycles. The Labute approximate surface area is 86.8 Å². The summed E-state index contributed by atoms with van der Waals surface area (Å²) >= 11 is 1.36. The van der Waals surface area contributed by atoms with Crippen molar-refractivity contribution in [2.75, 3.05) is 12.9 Å². The third kappa shape index (κ3) is 8.35. The van der Waals surface area contributed by atoms with Gasteiger partial charge in [-0.1, -0.05) is 12.8 Å². The highest BCUT2D eigenvalue weighted by Crippen LogP contribution is 2.15. The Bertz CT molecular complexity index is 167. The third-order valence-electron chi connectivity index (χ3n) is 2.14. The van der Waals surface area contributed by atoms with Crippen LogP contribution < -0.4 is 0 Å². The number of rotatable bonds is 7. The molecule has 0 aromatic rings. The minimum atomic E-state index is -1.32. The number of hydrogen-bond donors (Lipinski definition) is 0. The van der Waals surface area contributed by atoms with Crippen molar-refractivity contribution < 1.29 is 4.43 Å². The van der Waals surface area contributed by atoms with Gasteiger partial charge in [-0.05, 0) is 37.3 Å². The highest BCUT2D eigenvalue weighted by atomic mass is 32.2. The fraction of sp³-hybridized carbons (Fsp3) is 0.889. The van der Waals surface area contributed by atoms with Crippen molar-refractivity contribution in [2.45, 2.75) is 38.4 Å². The van der Waals surface area contributed by atoms with Crippen LogP contribution in [-0.4, -0.2) is 21.2 Å². The lowest BCUT2D eigenvalue weighted by molar-refractivity contribution is 0.401. The number of nitrogens with zero attached hydrogens (tertiary/aromatic N) is 1. The molecule has 0 rings (SSSR count). The molecule has 0 radical (unpaired) electrons. The maximum atomic E-state index is 8.29. The minimum absolute atomic E-state index is 0.978. The molecule has 76 valence electrons. The monoisotopic (exact) mass is 217 g/mol. The van der Waals surface area contributed by atoms with Crippen LogP contribution in [0.1, 0.15) is 19.3 Å². The van der Waals surface area contributed by atoms with Crippen LogP contribution in [0.3, 0.4) is 0 Å². The summed E-state index contributed by atoms with van der Waals surface area (Å²) in [5.41, 5.74) is 0. The Morgan fingerprint density at radius 3 is 2.54 bits per heavy atom. The van der Waals surface area contributed by atoms with E-state index < -0.39 is 8.32 Å². The number of thioether (sulfide) groups is 1. The summed E-state index contributed by atoms with van der Waals surface area (Å²) in [7, 11) is 0.500. The van der Waals surface area contributed by atoms with Gasteiger partial charge in [-0.15, -0.1) is 0 Å². The Balaban J connectivity index is 3.22. The second-order valence-corrected chi connectivity index (χ2v) is 9.02. The second kappa shape index (κ2) is 7.42. The SMILES string of the molecule is CO[Si](C)(C)CCCCCSC#N. The van der Waals surface area contributed by atoms with Gasteiger partial charge in [-0.2, -0.15) is 5.26 Å². The zero-order valence-corrected chi connectivity index (χ0v) is 10.6. The second-order valence-electron chi connectivity index (χ2n) is 3.71. The van der Waals surface area contributed by atoms with Gasteiger partial charge in [0.1, 0.15) is 5.40 Å². The van der Waals surface area contributed by atoms with Crippen LogP contribution in [0.4, 0.5) is 0 Å². The summed E-state index contributed by atoms with van der Waals surface area (Å²) in [6.07, 6.45) is 3.64. The molecule has 0 fully saturated rings. The topological polar surface area (TPSA) is 33.0 Å². The molecule has 0 bridgehead atoms.